The number of benzene rings is 2. The van der Waals surface area contributed by atoms with Gasteiger partial charge in [0.15, 0.2) is 11.5 Å². The Hall–Kier alpha value is -3.45. The van der Waals surface area contributed by atoms with Gasteiger partial charge in [-0.2, -0.15) is 0 Å². The molecule has 2 aromatic carbocycles. The zero-order valence-electron chi connectivity index (χ0n) is 19.2. The summed E-state index contributed by atoms with van der Waals surface area (Å²) in [6, 6.07) is 12.7. The van der Waals surface area contributed by atoms with Crippen molar-refractivity contribution in [3.63, 3.8) is 0 Å². The van der Waals surface area contributed by atoms with Crippen LogP contribution in [0.3, 0.4) is 0 Å². The van der Waals surface area contributed by atoms with E-state index in [-0.39, 0.29) is 6.61 Å². The fraction of sp³-hybridized carbons (Fsp3) is 0.280. The molecule has 33 heavy (non-hydrogen) atoms. The van der Waals surface area contributed by atoms with Crippen LogP contribution < -0.4 is 14.8 Å². The van der Waals surface area contributed by atoms with Gasteiger partial charge in [0.25, 0.3) is 0 Å². The van der Waals surface area contributed by atoms with E-state index in [9.17, 15) is 9.59 Å². The molecule has 1 aliphatic rings. The largest absolute Gasteiger partial charge is 0.493 e. The molecule has 1 heterocycles. The van der Waals surface area contributed by atoms with Gasteiger partial charge >= 0.3 is 11.9 Å². The van der Waals surface area contributed by atoms with Gasteiger partial charge in [-0.3, -0.25) is 0 Å². The highest BCUT2D eigenvalue weighted by Crippen LogP contribution is 2.42. The number of hydrogen-bond donors (Lipinski definition) is 1. The topological polar surface area (TPSA) is 83.1 Å². The fourth-order valence-electron chi connectivity index (χ4n) is 3.84. The van der Waals surface area contributed by atoms with Crippen LogP contribution in [0.4, 0.5) is 0 Å². The van der Waals surface area contributed by atoms with E-state index in [2.05, 4.69) is 5.32 Å². The highest BCUT2D eigenvalue weighted by Gasteiger charge is 2.38. The van der Waals surface area contributed by atoms with Gasteiger partial charge in [0, 0.05) is 22.0 Å². The van der Waals surface area contributed by atoms with Crippen LogP contribution in [0.5, 0.6) is 11.5 Å². The molecule has 0 amide bonds. The molecule has 0 spiro atoms. The summed E-state index contributed by atoms with van der Waals surface area (Å²) in [5.41, 5.74) is 3.30. The third-order valence-electron chi connectivity index (χ3n) is 5.43. The molecule has 0 radical (unpaired) electrons. The minimum atomic E-state index is -0.710. The van der Waals surface area contributed by atoms with Crippen molar-refractivity contribution in [2.24, 2.45) is 0 Å². The Labute approximate surface area is 197 Å². The molecule has 0 aliphatic carbocycles. The Morgan fingerprint density at radius 2 is 1.52 bits per heavy atom. The fourth-order valence-corrected chi connectivity index (χ4v) is 4.03. The van der Waals surface area contributed by atoms with Crippen LogP contribution in [-0.4, -0.2) is 33.3 Å². The number of ether oxygens (including phenoxy) is 4. The maximum atomic E-state index is 12.7. The minimum absolute atomic E-state index is 0.252. The van der Waals surface area contributed by atoms with Crippen molar-refractivity contribution >= 4 is 23.5 Å². The van der Waals surface area contributed by atoms with E-state index < -0.39 is 17.9 Å². The van der Waals surface area contributed by atoms with Crippen molar-refractivity contribution in [2.45, 2.75) is 26.4 Å². The molecule has 3 rings (SSSR count). The average Bonchev–Trinajstić information content (AvgIpc) is 2.82. The predicted octanol–water partition coefficient (Wildman–Crippen LogP) is 4.51. The van der Waals surface area contributed by atoms with E-state index in [1.165, 1.54) is 21.3 Å². The first-order chi connectivity index (χ1) is 15.8. The summed E-state index contributed by atoms with van der Waals surface area (Å²) in [5, 5.41) is 3.69. The molecule has 0 saturated heterocycles. The van der Waals surface area contributed by atoms with E-state index in [1.54, 1.807) is 38.1 Å². The van der Waals surface area contributed by atoms with Crippen molar-refractivity contribution in [3.05, 3.63) is 81.2 Å². The van der Waals surface area contributed by atoms with Crippen LogP contribution >= 0.6 is 11.6 Å². The highest BCUT2D eigenvalue weighted by atomic mass is 35.5. The molecule has 0 atom stereocenters. The lowest BCUT2D eigenvalue weighted by atomic mass is 9.80. The van der Waals surface area contributed by atoms with Gasteiger partial charge < -0.3 is 24.3 Å². The number of methoxy groups -OCH3 is 3. The Bertz CT molecular complexity index is 1100. The van der Waals surface area contributed by atoms with Crippen molar-refractivity contribution in [1.82, 2.24) is 5.32 Å². The summed E-state index contributed by atoms with van der Waals surface area (Å²) < 4.78 is 21.5. The molecule has 2 aromatic rings. The van der Waals surface area contributed by atoms with Crippen LogP contribution in [0.15, 0.2) is 65.0 Å². The van der Waals surface area contributed by atoms with E-state index in [0.29, 0.717) is 44.6 Å². The first-order valence-corrected chi connectivity index (χ1v) is 10.6. The smallest absolute Gasteiger partial charge is 0.336 e. The minimum Gasteiger partial charge on any atom is -0.493 e. The third-order valence-corrected chi connectivity index (χ3v) is 5.80. The predicted molar refractivity (Wildman–Crippen MR) is 124 cm³/mol. The van der Waals surface area contributed by atoms with Crippen molar-refractivity contribution in [2.75, 3.05) is 21.3 Å². The first kappa shape index (κ1) is 24.2. The van der Waals surface area contributed by atoms with E-state index in [4.69, 9.17) is 30.5 Å². The van der Waals surface area contributed by atoms with Gasteiger partial charge in [0.2, 0.25) is 0 Å². The molecule has 0 saturated carbocycles. The average molecular weight is 472 g/mol. The monoisotopic (exact) mass is 471 g/mol. The van der Waals surface area contributed by atoms with Gasteiger partial charge in [0.1, 0.15) is 6.61 Å². The lowest BCUT2D eigenvalue weighted by molar-refractivity contribution is -0.137. The third kappa shape index (κ3) is 4.98. The van der Waals surface area contributed by atoms with Crippen molar-refractivity contribution in [1.29, 1.82) is 0 Å². The quantitative estimate of drug-likeness (QED) is 0.595. The maximum absolute atomic E-state index is 12.7. The number of esters is 2. The number of nitrogens with one attached hydrogen (secondary N) is 1. The summed E-state index contributed by atoms with van der Waals surface area (Å²) in [6.45, 7) is 3.77. The van der Waals surface area contributed by atoms with Gasteiger partial charge in [-0.25, -0.2) is 9.59 Å². The van der Waals surface area contributed by atoms with E-state index in [1.807, 2.05) is 18.2 Å². The van der Waals surface area contributed by atoms with Crippen LogP contribution in [0.1, 0.15) is 30.9 Å². The molecule has 174 valence electrons. The SMILES string of the molecule is COC(=O)C1=C(C)NC(C)=C(C(=O)OC)C1c1ccc(OCc2ccccc2Cl)c(OC)c1. The first-order valence-electron chi connectivity index (χ1n) is 10.2. The second-order valence-electron chi connectivity index (χ2n) is 7.41. The highest BCUT2D eigenvalue weighted by molar-refractivity contribution is 6.31. The number of carbonyl (C=O) groups is 2. The summed E-state index contributed by atoms with van der Waals surface area (Å²) >= 11 is 6.22. The molecule has 1 aliphatic heterocycles. The molecular formula is C25H26ClNO6. The Kier molecular flexibility index (Phi) is 7.66. The molecule has 7 nitrogen and oxygen atoms in total. The summed E-state index contributed by atoms with van der Waals surface area (Å²) in [5.74, 6) is -0.857. The second-order valence-corrected chi connectivity index (χ2v) is 7.82. The Morgan fingerprint density at radius 1 is 0.909 bits per heavy atom. The van der Waals surface area contributed by atoms with Crippen LogP contribution in [0, 0.1) is 0 Å². The summed E-state index contributed by atoms with van der Waals surface area (Å²) in [7, 11) is 4.12. The number of allylic oxidation sites excluding steroid dienone is 2. The molecule has 0 aromatic heterocycles. The van der Waals surface area contributed by atoms with Crippen LogP contribution in [-0.2, 0) is 25.7 Å². The van der Waals surface area contributed by atoms with Gasteiger partial charge in [-0.05, 0) is 37.6 Å². The van der Waals surface area contributed by atoms with Crippen LogP contribution in [0.2, 0.25) is 5.02 Å². The summed E-state index contributed by atoms with van der Waals surface area (Å²) in [4.78, 5) is 25.3. The number of rotatable bonds is 7. The molecule has 1 N–H and O–H groups in total. The van der Waals surface area contributed by atoms with Crippen LogP contribution in [0.25, 0.3) is 0 Å². The normalized spacial score (nSPS) is 14.0. The number of hydrogen-bond acceptors (Lipinski definition) is 7. The van der Waals surface area contributed by atoms with E-state index >= 15 is 0 Å². The molecule has 8 heteroatoms. The zero-order chi connectivity index (χ0) is 24.1. The Balaban J connectivity index is 2.04. The molecule has 0 unspecified atom stereocenters. The van der Waals surface area contributed by atoms with Crippen molar-refractivity contribution in [3.8, 4) is 11.5 Å². The second kappa shape index (κ2) is 10.4. The molecule has 0 bridgehead atoms. The van der Waals surface area contributed by atoms with Gasteiger partial charge in [0.05, 0.1) is 38.4 Å². The maximum Gasteiger partial charge on any atom is 0.336 e. The lowest BCUT2D eigenvalue weighted by Gasteiger charge is -2.30. The number of dihydropyridines is 1. The van der Waals surface area contributed by atoms with Crippen molar-refractivity contribution < 1.29 is 28.5 Å². The summed E-state index contributed by atoms with van der Waals surface area (Å²) in [6.07, 6.45) is 0. The Morgan fingerprint density at radius 3 is 2.06 bits per heavy atom. The van der Waals surface area contributed by atoms with Gasteiger partial charge in [-0.1, -0.05) is 35.9 Å². The van der Waals surface area contributed by atoms with Gasteiger partial charge in [-0.15, -0.1) is 0 Å². The number of halogens is 1. The standard InChI is InChI=1S/C25H26ClNO6/c1-14-21(24(28)31-4)23(22(15(2)27-14)25(29)32-5)16-10-11-19(20(12-16)30-3)33-13-17-8-6-7-9-18(17)26/h6-12,23,27H,13H2,1-5H3. The van der Waals surface area contributed by atoms with E-state index in [0.717, 1.165) is 5.56 Å². The molecular weight excluding hydrogens is 446 g/mol. The lowest BCUT2D eigenvalue weighted by Crippen LogP contribution is -2.32. The number of carbonyl (C=O) groups excluding carboxylic acids is 2. The zero-order valence-corrected chi connectivity index (χ0v) is 19.9. The molecule has 0 fully saturated rings.